The number of carbonyl (C=O) groups excluding carboxylic acids is 1. The Labute approximate surface area is 86.6 Å². The molecule has 72 valence electrons. The molecule has 1 N–H and O–H groups in total. The normalized spacial score (nSPS) is 12.6. The summed E-state index contributed by atoms with van der Waals surface area (Å²) in [7, 11) is 0. The molecular formula is C11H11NOS. The molecule has 0 spiro atoms. The van der Waals surface area contributed by atoms with Gasteiger partial charge >= 0.3 is 0 Å². The van der Waals surface area contributed by atoms with Crippen molar-refractivity contribution in [3.63, 3.8) is 0 Å². The van der Waals surface area contributed by atoms with Crippen LogP contribution in [0.3, 0.4) is 0 Å². The Morgan fingerprint density at radius 3 is 3.00 bits per heavy atom. The molecule has 0 aliphatic heterocycles. The van der Waals surface area contributed by atoms with Gasteiger partial charge in [0.05, 0.1) is 11.7 Å². The van der Waals surface area contributed by atoms with E-state index in [0.29, 0.717) is 0 Å². The number of anilines is 1. The second-order valence-corrected chi connectivity index (χ2v) is 4.13. The third-order valence-electron chi connectivity index (χ3n) is 2.07. The number of thiophene rings is 1. The van der Waals surface area contributed by atoms with E-state index >= 15 is 0 Å². The summed E-state index contributed by atoms with van der Waals surface area (Å²) in [5, 5.41) is 6.39. The Hall–Kier alpha value is -1.35. The van der Waals surface area contributed by atoms with E-state index in [4.69, 9.17) is 0 Å². The predicted octanol–water partition coefficient (Wildman–Crippen LogP) is 2.90. The summed E-state index contributed by atoms with van der Waals surface area (Å²) >= 11 is 1.69. The van der Waals surface area contributed by atoms with Gasteiger partial charge in [0.2, 0.25) is 0 Å². The van der Waals surface area contributed by atoms with E-state index in [2.05, 4.69) is 17.4 Å². The molecule has 2 aromatic rings. The van der Waals surface area contributed by atoms with Crippen molar-refractivity contribution >= 4 is 33.4 Å². The Balaban J connectivity index is 2.38. The number of nitrogens with one attached hydrogen (secondary N) is 1. The lowest BCUT2D eigenvalue weighted by molar-refractivity contribution is -0.108. The lowest BCUT2D eigenvalue weighted by Gasteiger charge is -2.06. The first kappa shape index (κ1) is 9.21. The molecule has 3 heteroatoms. The van der Waals surface area contributed by atoms with Crippen molar-refractivity contribution in [1.82, 2.24) is 0 Å². The molecule has 1 atom stereocenters. The molecule has 1 heterocycles. The molecule has 0 bridgehead atoms. The lowest BCUT2D eigenvalue weighted by Crippen LogP contribution is -2.15. The van der Waals surface area contributed by atoms with Crippen LogP contribution in [0.5, 0.6) is 0 Å². The number of fused-ring (bicyclic) bond motifs is 1. The van der Waals surface area contributed by atoms with Crippen LogP contribution in [0.2, 0.25) is 0 Å². The molecule has 0 aliphatic rings. The maximum Gasteiger partial charge on any atom is 0.141 e. The molecule has 2 rings (SSSR count). The van der Waals surface area contributed by atoms with Gasteiger partial charge in [-0.1, -0.05) is 18.2 Å². The van der Waals surface area contributed by atoms with E-state index in [9.17, 15) is 4.79 Å². The highest BCUT2D eigenvalue weighted by Crippen LogP contribution is 2.29. The van der Waals surface area contributed by atoms with E-state index in [1.54, 1.807) is 11.3 Å². The summed E-state index contributed by atoms with van der Waals surface area (Å²) in [5.41, 5.74) is 1.05. The maximum absolute atomic E-state index is 10.5. The molecule has 14 heavy (non-hydrogen) atoms. The number of carbonyl (C=O) groups is 1. The Kier molecular flexibility index (Phi) is 2.50. The van der Waals surface area contributed by atoms with Gasteiger partial charge in [0.1, 0.15) is 6.29 Å². The highest BCUT2D eigenvalue weighted by atomic mass is 32.1. The molecular weight excluding hydrogens is 194 g/mol. The van der Waals surface area contributed by atoms with Crippen molar-refractivity contribution < 1.29 is 4.79 Å². The third-order valence-corrected chi connectivity index (χ3v) is 3.03. The fourth-order valence-corrected chi connectivity index (χ4v) is 2.27. The molecule has 0 fully saturated rings. The quantitative estimate of drug-likeness (QED) is 0.781. The minimum atomic E-state index is -0.131. The van der Waals surface area contributed by atoms with Crippen LogP contribution in [0.25, 0.3) is 10.1 Å². The predicted molar refractivity (Wildman–Crippen MR) is 61.0 cm³/mol. The van der Waals surface area contributed by atoms with Gasteiger partial charge in [0.15, 0.2) is 0 Å². The molecule has 2 nitrogen and oxygen atoms in total. The van der Waals surface area contributed by atoms with Gasteiger partial charge in [-0.05, 0) is 13.0 Å². The van der Waals surface area contributed by atoms with E-state index in [-0.39, 0.29) is 6.04 Å². The molecule has 0 unspecified atom stereocenters. The van der Waals surface area contributed by atoms with E-state index in [1.165, 1.54) is 10.1 Å². The molecule has 0 amide bonds. The Bertz CT molecular complexity index is 449. The first-order valence-electron chi connectivity index (χ1n) is 4.49. The Morgan fingerprint density at radius 1 is 1.43 bits per heavy atom. The van der Waals surface area contributed by atoms with Gasteiger partial charge in [0.25, 0.3) is 0 Å². The largest absolute Gasteiger partial charge is 0.375 e. The number of hydrogen-bond acceptors (Lipinski definition) is 3. The van der Waals surface area contributed by atoms with Gasteiger partial charge in [0, 0.05) is 15.5 Å². The number of rotatable bonds is 3. The number of benzene rings is 1. The van der Waals surface area contributed by atoms with Crippen molar-refractivity contribution in [1.29, 1.82) is 0 Å². The highest BCUT2D eigenvalue weighted by Gasteiger charge is 2.05. The summed E-state index contributed by atoms with van der Waals surface area (Å²) < 4.78 is 1.24. The van der Waals surface area contributed by atoms with Crippen molar-refractivity contribution in [3.8, 4) is 0 Å². The van der Waals surface area contributed by atoms with Crippen molar-refractivity contribution in [2.24, 2.45) is 0 Å². The van der Waals surface area contributed by atoms with Crippen molar-refractivity contribution in [2.45, 2.75) is 13.0 Å². The fraction of sp³-hybridized carbons (Fsp3) is 0.182. The average Bonchev–Trinajstić information content (AvgIpc) is 2.62. The van der Waals surface area contributed by atoms with Crippen LogP contribution in [0.4, 0.5) is 5.69 Å². The molecule has 0 aliphatic carbocycles. The molecule has 0 saturated heterocycles. The standard InChI is InChI=1S/C11H11NOS/c1-8(6-13)12-10-7-14-11-5-3-2-4-9(10)11/h2-8,12H,1H3/t8-/m0/s1. The highest BCUT2D eigenvalue weighted by molar-refractivity contribution is 7.17. The lowest BCUT2D eigenvalue weighted by atomic mass is 10.2. The van der Waals surface area contributed by atoms with Gasteiger partial charge in [-0.25, -0.2) is 0 Å². The van der Waals surface area contributed by atoms with Gasteiger partial charge in [-0.15, -0.1) is 11.3 Å². The van der Waals surface area contributed by atoms with Crippen LogP contribution in [0, 0.1) is 0 Å². The monoisotopic (exact) mass is 205 g/mol. The second kappa shape index (κ2) is 3.80. The summed E-state index contributed by atoms with van der Waals surface area (Å²) in [6.07, 6.45) is 0.909. The first-order valence-corrected chi connectivity index (χ1v) is 5.37. The van der Waals surface area contributed by atoms with Crippen LogP contribution in [-0.4, -0.2) is 12.3 Å². The van der Waals surface area contributed by atoms with Crippen LogP contribution in [-0.2, 0) is 4.79 Å². The second-order valence-electron chi connectivity index (χ2n) is 3.21. The average molecular weight is 205 g/mol. The van der Waals surface area contributed by atoms with E-state index < -0.39 is 0 Å². The molecule has 1 aromatic heterocycles. The zero-order valence-corrected chi connectivity index (χ0v) is 8.67. The van der Waals surface area contributed by atoms with Gasteiger partial charge in [-0.2, -0.15) is 0 Å². The summed E-state index contributed by atoms with van der Waals surface area (Å²) in [4.78, 5) is 10.5. The zero-order valence-electron chi connectivity index (χ0n) is 7.86. The van der Waals surface area contributed by atoms with E-state index in [1.807, 2.05) is 24.4 Å². The summed E-state index contributed by atoms with van der Waals surface area (Å²) in [6.45, 7) is 1.85. The molecule has 0 saturated carbocycles. The van der Waals surface area contributed by atoms with Crippen molar-refractivity contribution in [2.75, 3.05) is 5.32 Å². The fourth-order valence-electron chi connectivity index (χ4n) is 1.37. The van der Waals surface area contributed by atoms with Gasteiger partial charge in [-0.3, -0.25) is 0 Å². The summed E-state index contributed by atoms with van der Waals surface area (Å²) in [6, 6.07) is 8.04. The molecule has 0 radical (unpaired) electrons. The minimum absolute atomic E-state index is 0.131. The van der Waals surface area contributed by atoms with Crippen LogP contribution >= 0.6 is 11.3 Å². The van der Waals surface area contributed by atoms with Crippen LogP contribution in [0.15, 0.2) is 29.6 Å². The van der Waals surface area contributed by atoms with Crippen LogP contribution in [0.1, 0.15) is 6.92 Å². The van der Waals surface area contributed by atoms with Gasteiger partial charge < -0.3 is 10.1 Å². The topological polar surface area (TPSA) is 29.1 Å². The summed E-state index contributed by atoms with van der Waals surface area (Å²) in [5.74, 6) is 0. The van der Waals surface area contributed by atoms with Crippen LogP contribution < -0.4 is 5.32 Å². The first-order chi connectivity index (χ1) is 6.81. The SMILES string of the molecule is C[C@@H](C=O)Nc1csc2ccccc12. The maximum atomic E-state index is 10.5. The van der Waals surface area contributed by atoms with E-state index in [0.717, 1.165) is 12.0 Å². The minimum Gasteiger partial charge on any atom is -0.375 e. The number of hydrogen-bond donors (Lipinski definition) is 1. The number of aldehydes is 1. The third kappa shape index (κ3) is 1.63. The van der Waals surface area contributed by atoms with Crippen molar-refractivity contribution in [3.05, 3.63) is 29.6 Å². The Morgan fingerprint density at radius 2 is 2.21 bits per heavy atom. The zero-order chi connectivity index (χ0) is 9.97. The molecule has 1 aromatic carbocycles. The smallest absolute Gasteiger partial charge is 0.141 e.